The first-order chi connectivity index (χ1) is 8.63. The van der Waals surface area contributed by atoms with Gasteiger partial charge in [0, 0.05) is 11.6 Å². The molecule has 0 saturated carbocycles. The quantitative estimate of drug-likeness (QED) is 0.783. The van der Waals surface area contributed by atoms with Gasteiger partial charge in [0.25, 0.3) is 5.56 Å². The minimum absolute atomic E-state index is 0.147. The monoisotopic (exact) mass is 263 g/mol. The molecule has 0 fully saturated rings. The molecule has 0 atom stereocenters. The van der Waals surface area contributed by atoms with Crippen molar-refractivity contribution in [2.45, 2.75) is 6.54 Å². The van der Waals surface area contributed by atoms with Crippen LogP contribution in [0, 0.1) is 0 Å². The highest BCUT2D eigenvalue weighted by molar-refractivity contribution is 6.30. The number of allylic oxidation sites excluding steroid dienone is 1. The minimum atomic E-state index is -0.510. The lowest BCUT2D eigenvalue weighted by atomic mass is 10.3. The van der Waals surface area contributed by atoms with E-state index < -0.39 is 11.2 Å². The van der Waals surface area contributed by atoms with Gasteiger partial charge in [-0.3, -0.25) is 9.36 Å². The molecule has 1 aromatic carbocycles. The summed E-state index contributed by atoms with van der Waals surface area (Å²) in [5.74, 6) is 0. The van der Waals surface area contributed by atoms with Crippen molar-refractivity contribution in [3.8, 4) is 5.69 Å². The molecule has 0 aliphatic rings. The fourth-order valence-corrected chi connectivity index (χ4v) is 1.62. The molecule has 0 saturated heterocycles. The molecule has 1 aromatic heterocycles. The van der Waals surface area contributed by atoms with Crippen molar-refractivity contribution in [1.29, 1.82) is 0 Å². The van der Waals surface area contributed by atoms with E-state index >= 15 is 0 Å². The third kappa shape index (κ3) is 2.26. The fourth-order valence-electron chi connectivity index (χ4n) is 1.49. The zero-order chi connectivity index (χ0) is 13.1. The maximum Gasteiger partial charge on any atom is 0.352 e. The highest BCUT2D eigenvalue weighted by Gasteiger charge is 2.06. The summed E-state index contributed by atoms with van der Waals surface area (Å²) in [7, 11) is 0. The Balaban J connectivity index is 2.62. The number of halogens is 1. The van der Waals surface area contributed by atoms with Crippen molar-refractivity contribution >= 4 is 11.6 Å². The molecule has 2 rings (SSSR count). The van der Waals surface area contributed by atoms with Gasteiger partial charge in [-0.15, -0.1) is 6.58 Å². The second-order valence-electron chi connectivity index (χ2n) is 3.55. The van der Waals surface area contributed by atoms with E-state index in [1.165, 1.54) is 6.08 Å². The summed E-state index contributed by atoms with van der Waals surface area (Å²) in [4.78, 5) is 23.5. The largest absolute Gasteiger partial charge is 0.352 e. The molecule has 6 heteroatoms. The van der Waals surface area contributed by atoms with Crippen molar-refractivity contribution in [2.75, 3.05) is 0 Å². The first kappa shape index (κ1) is 12.3. The predicted octanol–water partition coefficient (Wildman–Crippen LogP) is 1.23. The van der Waals surface area contributed by atoms with Crippen LogP contribution in [0.25, 0.3) is 5.69 Å². The van der Waals surface area contributed by atoms with Gasteiger partial charge in [0.2, 0.25) is 0 Å². The lowest BCUT2D eigenvalue weighted by Crippen LogP contribution is -2.39. The van der Waals surface area contributed by atoms with E-state index in [4.69, 9.17) is 11.6 Å². The van der Waals surface area contributed by atoms with Crippen molar-refractivity contribution in [3.05, 3.63) is 69.0 Å². The maximum absolute atomic E-state index is 12.0. The normalized spacial score (nSPS) is 10.3. The number of hydrogen-bond donors (Lipinski definition) is 0. The lowest BCUT2D eigenvalue weighted by molar-refractivity contribution is 0.624. The van der Waals surface area contributed by atoms with Gasteiger partial charge in [0.1, 0.15) is 6.20 Å². The molecule has 1 heterocycles. The topological polar surface area (TPSA) is 56.9 Å². The molecule has 0 aliphatic heterocycles. The highest BCUT2D eigenvalue weighted by Crippen LogP contribution is 2.10. The summed E-state index contributed by atoms with van der Waals surface area (Å²) >= 11 is 5.77. The SMILES string of the molecule is C=CCn1c(=O)cnn(-c2ccc(Cl)cc2)c1=O. The van der Waals surface area contributed by atoms with Gasteiger partial charge >= 0.3 is 5.69 Å². The molecule has 2 aromatic rings. The molecule has 0 unspecified atom stereocenters. The summed E-state index contributed by atoms with van der Waals surface area (Å²) in [5.41, 5.74) is -0.419. The van der Waals surface area contributed by atoms with Gasteiger partial charge in [-0.25, -0.2) is 4.79 Å². The van der Waals surface area contributed by atoms with Crippen molar-refractivity contribution in [3.63, 3.8) is 0 Å². The van der Waals surface area contributed by atoms with Gasteiger partial charge in [0.15, 0.2) is 0 Å². The van der Waals surface area contributed by atoms with E-state index in [1.807, 2.05) is 0 Å². The standard InChI is InChI=1S/C12H10ClN3O2/c1-2-7-15-11(17)8-14-16(12(15)18)10-5-3-9(13)4-6-10/h2-6,8H,1,7H2. The zero-order valence-electron chi connectivity index (χ0n) is 9.41. The van der Waals surface area contributed by atoms with E-state index in [-0.39, 0.29) is 6.54 Å². The number of nitrogens with zero attached hydrogens (tertiary/aromatic N) is 3. The first-order valence-corrected chi connectivity index (χ1v) is 5.57. The Morgan fingerprint density at radius 2 is 1.94 bits per heavy atom. The van der Waals surface area contributed by atoms with Gasteiger partial charge in [-0.1, -0.05) is 17.7 Å². The molecular formula is C12H10ClN3O2. The smallest absolute Gasteiger partial charge is 0.267 e. The summed E-state index contributed by atoms with van der Waals surface area (Å²) in [6.07, 6.45) is 2.58. The van der Waals surface area contributed by atoms with E-state index in [1.54, 1.807) is 24.3 Å². The molecular weight excluding hydrogens is 254 g/mol. The van der Waals surface area contributed by atoms with Gasteiger partial charge in [0.05, 0.1) is 5.69 Å². The molecule has 0 spiro atoms. The van der Waals surface area contributed by atoms with Gasteiger partial charge in [-0.2, -0.15) is 9.78 Å². The van der Waals surface area contributed by atoms with E-state index in [0.717, 1.165) is 15.4 Å². The zero-order valence-corrected chi connectivity index (χ0v) is 10.2. The van der Waals surface area contributed by atoms with E-state index in [0.29, 0.717) is 10.7 Å². The maximum atomic E-state index is 12.0. The van der Waals surface area contributed by atoms with E-state index in [9.17, 15) is 9.59 Å². The molecule has 5 nitrogen and oxygen atoms in total. The average Bonchev–Trinajstić information content (AvgIpc) is 2.36. The number of rotatable bonds is 3. The molecule has 0 bridgehead atoms. The molecule has 0 aliphatic carbocycles. The van der Waals surface area contributed by atoms with Crippen LogP contribution in [0.4, 0.5) is 0 Å². The summed E-state index contributed by atoms with van der Waals surface area (Å²) in [6, 6.07) is 6.60. The highest BCUT2D eigenvalue weighted by atomic mass is 35.5. The third-order valence-electron chi connectivity index (χ3n) is 2.34. The Hall–Kier alpha value is -2.14. The van der Waals surface area contributed by atoms with Crippen LogP contribution in [-0.4, -0.2) is 14.3 Å². The second-order valence-corrected chi connectivity index (χ2v) is 3.99. The Bertz CT molecular complexity index is 686. The Labute approximate surface area is 108 Å². The first-order valence-electron chi connectivity index (χ1n) is 5.19. The van der Waals surface area contributed by atoms with Crippen LogP contribution >= 0.6 is 11.6 Å². The van der Waals surface area contributed by atoms with Crippen molar-refractivity contribution < 1.29 is 0 Å². The Morgan fingerprint density at radius 3 is 2.56 bits per heavy atom. The fraction of sp³-hybridized carbons (Fsp3) is 0.0833. The Kier molecular flexibility index (Phi) is 3.43. The van der Waals surface area contributed by atoms with Crippen LogP contribution in [0.5, 0.6) is 0 Å². The molecule has 0 amide bonds. The lowest BCUT2D eigenvalue weighted by Gasteiger charge is -2.06. The van der Waals surface area contributed by atoms with Crippen LogP contribution in [0.1, 0.15) is 0 Å². The molecule has 0 N–H and O–H groups in total. The van der Waals surface area contributed by atoms with Crippen molar-refractivity contribution in [2.24, 2.45) is 0 Å². The number of aromatic nitrogens is 3. The molecule has 92 valence electrons. The molecule has 18 heavy (non-hydrogen) atoms. The summed E-state index contributed by atoms with van der Waals surface area (Å²) < 4.78 is 2.19. The second kappa shape index (κ2) is 5.01. The summed E-state index contributed by atoms with van der Waals surface area (Å²) in [5, 5.41) is 4.38. The average molecular weight is 264 g/mol. The van der Waals surface area contributed by atoms with Crippen molar-refractivity contribution in [1.82, 2.24) is 14.3 Å². The van der Waals surface area contributed by atoms with Gasteiger partial charge in [-0.05, 0) is 24.3 Å². The van der Waals surface area contributed by atoms with Crippen LogP contribution in [0.3, 0.4) is 0 Å². The Morgan fingerprint density at radius 1 is 1.28 bits per heavy atom. The number of hydrogen-bond acceptors (Lipinski definition) is 3. The summed E-state index contributed by atoms with van der Waals surface area (Å²) in [6.45, 7) is 3.65. The van der Waals surface area contributed by atoms with Crippen LogP contribution < -0.4 is 11.2 Å². The predicted molar refractivity (Wildman–Crippen MR) is 69.3 cm³/mol. The van der Waals surface area contributed by atoms with Crippen LogP contribution in [0.2, 0.25) is 5.02 Å². The molecule has 0 radical (unpaired) electrons. The van der Waals surface area contributed by atoms with Gasteiger partial charge < -0.3 is 0 Å². The van der Waals surface area contributed by atoms with E-state index in [2.05, 4.69) is 11.7 Å². The number of benzene rings is 1. The minimum Gasteiger partial charge on any atom is -0.267 e. The van der Waals surface area contributed by atoms with Crippen LogP contribution in [0.15, 0.2) is 52.7 Å². The third-order valence-corrected chi connectivity index (χ3v) is 2.60. The van der Waals surface area contributed by atoms with Crippen LogP contribution in [-0.2, 0) is 6.54 Å².